The van der Waals surface area contributed by atoms with Crippen LogP contribution >= 0.6 is 12.2 Å². The minimum Gasteiger partial charge on any atom is -0.462 e. The number of ether oxygens (including phenoxy) is 1. The van der Waals surface area contributed by atoms with Crippen molar-refractivity contribution >= 4 is 40.6 Å². The molecule has 1 aliphatic rings. The number of thiocarbonyl (C=S) groups is 1. The molecule has 184 valence electrons. The lowest BCUT2D eigenvalue weighted by molar-refractivity contribution is -0.137. The molecule has 0 atom stereocenters. The summed E-state index contributed by atoms with van der Waals surface area (Å²) in [6.45, 7) is 5.03. The van der Waals surface area contributed by atoms with Gasteiger partial charge in [-0.2, -0.15) is 18.4 Å². The molecule has 0 radical (unpaired) electrons. The van der Waals surface area contributed by atoms with Crippen molar-refractivity contribution in [1.29, 1.82) is 5.26 Å². The van der Waals surface area contributed by atoms with Crippen molar-refractivity contribution in [2.24, 2.45) is 0 Å². The smallest absolute Gasteiger partial charge is 0.417 e. The Morgan fingerprint density at radius 3 is 2.40 bits per heavy atom. The van der Waals surface area contributed by atoms with E-state index in [9.17, 15) is 27.2 Å². The van der Waals surface area contributed by atoms with Gasteiger partial charge in [0.1, 0.15) is 11.4 Å². The van der Waals surface area contributed by atoms with Crippen molar-refractivity contribution in [3.05, 3.63) is 58.9 Å². The normalized spacial score (nSPS) is 15.4. The Labute approximate surface area is 204 Å². The monoisotopic (exact) mass is 507 g/mol. The zero-order valence-electron chi connectivity index (χ0n) is 19.1. The predicted molar refractivity (Wildman–Crippen MR) is 124 cm³/mol. The van der Waals surface area contributed by atoms with Crippen LogP contribution in [0.2, 0.25) is 0 Å². The average Bonchev–Trinajstić information content (AvgIpc) is 2.96. The molecule has 0 bridgehead atoms. The van der Waals surface area contributed by atoms with Crippen LogP contribution in [0.5, 0.6) is 0 Å². The topological polar surface area (TPSA) is 73.6 Å². The Hall–Kier alpha value is -3.52. The molecule has 6 nitrogen and oxygen atoms in total. The first kappa shape index (κ1) is 26.1. The zero-order valence-corrected chi connectivity index (χ0v) is 19.9. The largest absolute Gasteiger partial charge is 0.462 e. The maximum absolute atomic E-state index is 14.8. The molecule has 1 aliphatic heterocycles. The fourth-order valence-electron chi connectivity index (χ4n) is 3.66. The summed E-state index contributed by atoms with van der Waals surface area (Å²) in [7, 11) is 0. The maximum atomic E-state index is 14.8. The third-order valence-electron chi connectivity index (χ3n) is 5.52. The Bertz CT molecular complexity index is 1240. The van der Waals surface area contributed by atoms with Crippen LogP contribution in [0, 0.1) is 17.1 Å². The predicted octanol–water partition coefficient (Wildman–Crippen LogP) is 5.59. The van der Waals surface area contributed by atoms with Crippen molar-refractivity contribution in [1.82, 2.24) is 0 Å². The van der Waals surface area contributed by atoms with Gasteiger partial charge in [-0.05, 0) is 68.9 Å². The molecule has 0 aliphatic carbocycles. The van der Waals surface area contributed by atoms with E-state index in [-0.39, 0.29) is 28.7 Å². The molecular weight excluding hydrogens is 486 g/mol. The van der Waals surface area contributed by atoms with Gasteiger partial charge in [0, 0.05) is 5.69 Å². The number of esters is 1. The number of unbranched alkanes of at least 4 members (excludes halogenated alkanes) is 1. The van der Waals surface area contributed by atoms with E-state index in [2.05, 4.69) is 0 Å². The molecule has 0 N–H and O–H groups in total. The molecule has 0 saturated carbocycles. The minimum atomic E-state index is -4.83. The second kappa shape index (κ2) is 9.62. The number of anilines is 2. The standard InChI is InChI=1S/C24H21F4N3O3S/c1-4-5-10-34-20(32)17-9-8-16(12-19(17)25)31-22(35)30(21(33)23(31,2)3)15-7-6-14(13-29)18(11-15)24(26,27)28/h6-9,11-12H,4-5,10H2,1-3H3. The average molecular weight is 508 g/mol. The van der Waals surface area contributed by atoms with Crippen molar-refractivity contribution in [2.45, 2.75) is 45.3 Å². The first-order chi connectivity index (χ1) is 16.3. The molecule has 2 aromatic carbocycles. The van der Waals surface area contributed by atoms with E-state index in [1.807, 2.05) is 6.92 Å². The highest BCUT2D eigenvalue weighted by molar-refractivity contribution is 7.81. The molecule has 1 amide bonds. The summed E-state index contributed by atoms with van der Waals surface area (Å²) in [5, 5.41) is 8.85. The molecule has 1 fully saturated rings. The van der Waals surface area contributed by atoms with Gasteiger partial charge in [0.15, 0.2) is 5.11 Å². The molecule has 0 unspecified atom stereocenters. The summed E-state index contributed by atoms with van der Waals surface area (Å²) < 4.78 is 60.2. The van der Waals surface area contributed by atoms with Gasteiger partial charge < -0.3 is 9.64 Å². The molecule has 35 heavy (non-hydrogen) atoms. The summed E-state index contributed by atoms with van der Waals surface area (Å²) >= 11 is 5.42. The number of carbonyl (C=O) groups is 2. The van der Waals surface area contributed by atoms with Gasteiger partial charge in [-0.3, -0.25) is 9.69 Å². The minimum absolute atomic E-state index is 0.128. The Morgan fingerprint density at radius 1 is 1.17 bits per heavy atom. The SMILES string of the molecule is CCCCOC(=O)c1ccc(N2C(=S)N(c3ccc(C#N)c(C(F)(F)F)c3)C(=O)C2(C)C)cc1F. The second-order valence-electron chi connectivity index (χ2n) is 8.31. The number of nitriles is 1. The van der Waals surface area contributed by atoms with E-state index in [0.717, 1.165) is 23.5 Å². The highest BCUT2D eigenvalue weighted by Gasteiger charge is 2.51. The van der Waals surface area contributed by atoms with Crippen LogP contribution in [-0.4, -0.2) is 29.1 Å². The van der Waals surface area contributed by atoms with Crippen molar-refractivity contribution in [2.75, 3.05) is 16.4 Å². The lowest BCUT2D eigenvalue weighted by Gasteiger charge is -2.29. The van der Waals surface area contributed by atoms with Gasteiger partial charge in [-0.1, -0.05) is 13.3 Å². The second-order valence-corrected chi connectivity index (χ2v) is 8.68. The third-order valence-corrected chi connectivity index (χ3v) is 5.88. The lowest BCUT2D eigenvalue weighted by Crippen LogP contribution is -2.44. The van der Waals surface area contributed by atoms with Gasteiger partial charge in [0.25, 0.3) is 5.91 Å². The molecule has 0 aromatic heterocycles. The first-order valence-electron chi connectivity index (χ1n) is 10.6. The van der Waals surface area contributed by atoms with Gasteiger partial charge in [-0.15, -0.1) is 0 Å². The van der Waals surface area contributed by atoms with Gasteiger partial charge in [0.2, 0.25) is 0 Å². The number of carbonyl (C=O) groups excluding carboxylic acids is 2. The van der Waals surface area contributed by atoms with E-state index >= 15 is 0 Å². The van der Waals surface area contributed by atoms with Crippen LogP contribution in [0.15, 0.2) is 36.4 Å². The van der Waals surface area contributed by atoms with Gasteiger partial charge >= 0.3 is 12.1 Å². The van der Waals surface area contributed by atoms with Crippen LogP contribution < -0.4 is 9.80 Å². The molecule has 2 aromatic rings. The van der Waals surface area contributed by atoms with Crippen LogP contribution in [-0.2, 0) is 15.7 Å². The van der Waals surface area contributed by atoms with Gasteiger partial charge in [0.05, 0.1) is 35.1 Å². The number of nitrogens with zero attached hydrogens (tertiary/aromatic N) is 3. The highest BCUT2D eigenvalue weighted by Crippen LogP contribution is 2.39. The number of rotatable bonds is 6. The quantitative estimate of drug-likeness (QED) is 0.220. The Kier molecular flexibility index (Phi) is 7.17. The van der Waals surface area contributed by atoms with Crippen LogP contribution in [0.3, 0.4) is 0 Å². The van der Waals surface area contributed by atoms with Crippen LogP contribution in [0.25, 0.3) is 0 Å². The first-order valence-corrected chi connectivity index (χ1v) is 11.0. The number of halogens is 4. The fourth-order valence-corrected chi connectivity index (χ4v) is 4.18. The number of alkyl halides is 3. The fraction of sp³-hybridized carbons (Fsp3) is 0.333. The number of hydrogen-bond acceptors (Lipinski definition) is 5. The summed E-state index contributed by atoms with van der Waals surface area (Å²) in [6, 6.07) is 7.91. The number of amides is 1. The van der Waals surface area contributed by atoms with Crippen LogP contribution in [0.4, 0.5) is 28.9 Å². The molecule has 1 saturated heterocycles. The molecule has 1 heterocycles. The summed E-state index contributed by atoms with van der Waals surface area (Å²) in [4.78, 5) is 27.6. The molecule has 11 heteroatoms. The summed E-state index contributed by atoms with van der Waals surface area (Å²) in [6.07, 6.45) is -3.40. The highest BCUT2D eigenvalue weighted by atomic mass is 32.1. The summed E-state index contributed by atoms with van der Waals surface area (Å²) in [5.74, 6) is -2.38. The number of benzene rings is 2. The molecule has 0 spiro atoms. The Balaban J connectivity index is 1.99. The molecule has 3 rings (SSSR count). The van der Waals surface area contributed by atoms with Crippen molar-refractivity contribution in [3.8, 4) is 6.07 Å². The number of hydrogen-bond donors (Lipinski definition) is 0. The van der Waals surface area contributed by atoms with E-state index in [1.54, 1.807) is 0 Å². The van der Waals surface area contributed by atoms with E-state index in [1.165, 1.54) is 43.0 Å². The zero-order chi connectivity index (χ0) is 26.1. The van der Waals surface area contributed by atoms with Crippen molar-refractivity contribution < 1.29 is 31.9 Å². The lowest BCUT2D eigenvalue weighted by atomic mass is 10.0. The van der Waals surface area contributed by atoms with E-state index in [4.69, 9.17) is 22.2 Å². The third kappa shape index (κ3) is 4.84. The van der Waals surface area contributed by atoms with Gasteiger partial charge in [-0.25, -0.2) is 9.18 Å². The van der Waals surface area contributed by atoms with Crippen LogP contribution in [0.1, 0.15) is 55.1 Å². The van der Waals surface area contributed by atoms with E-state index < -0.39 is 40.5 Å². The van der Waals surface area contributed by atoms with E-state index in [0.29, 0.717) is 12.5 Å². The summed E-state index contributed by atoms with van der Waals surface area (Å²) in [5.41, 5.74) is -3.54. The van der Waals surface area contributed by atoms with Crippen molar-refractivity contribution in [3.63, 3.8) is 0 Å². The maximum Gasteiger partial charge on any atom is 0.417 e. The Morgan fingerprint density at radius 2 is 1.83 bits per heavy atom. The molecular formula is C24H21F4N3O3S.